The molecule has 0 bridgehead atoms. The Morgan fingerprint density at radius 3 is 2.94 bits per heavy atom. The second kappa shape index (κ2) is 4.87. The number of ether oxygens (including phenoxy) is 1. The SMILES string of the molecule is CCOC(=O)Cc1cnc2cc(C(=O)O)ccn12. The lowest BCUT2D eigenvalue weighted by Crippen LogP contribution is -2.09. The number of hydrogen-bond donors (Lipinski definition) is 1. The van der Waals surface area contributed by atoms with Crippen molar-refractivity contribution in [1.29, 1.82) is 0 Å². The van der Waals surface area contributed by atoms with E-state index >= 15 is 0 Å². The van der Waals surface area contributed by atoms with E-state index in [-0.39, 0.29) is 18.0 Å². The Kier molecular flexibility index (Phi) is 3.27. The smallest absolute Gasteiger partial charge is 0.335 e. The van der Waals surface area contributed by atoms with Crippen LogP contribution in [0.4, 0.5) is 0 Å². The zero-order valence-corrected chi connectivity index (χ0v) is 9.79. The van der Waals surface area contributed by atoms with Crippen molar-refractivity contribution in [3.63, 3.8) is 0 Å². The molecule has 1 N–H and O–H groups in total. The van der Waals surface area contributed by atoms with Crippen LogP contribution in [0.1, 0.15) is 23.0 Å². The Hall–Kier alpha value is -2.37. The van der Waals surface area contributed by atoms with Gasteiger partial charge in [-0.15, -0.1) is 0 Å². The molecule has 6 nitrogen and oxygen atoms in total. The molecule has 0 saturated heterocycles. The minimum Gasteiger partial charge on any atom is -0.478 e. The molecular weight excluding hydrogens is 236 g/mol. The highest BCUT2D eigenvalue weighted by Crippen LogP contribution is 2.10. The number of aromatic carboxylic acids is 1. The van der Waals surface area contributed by atoms with Crippen LogP contribution in [0.15, 0.2) is 24.5 Å². The van der Waals surface area contributed by atoms with E-state index in [0.29, 0.717) is 17.9 Å². The van der Waals surface area contributed by atoms with Crippen LogP contribution in [0.3, 0.4) is 0 Å². The van der Waals surface area contributed by atoms with Crippen molar-refractivity contribution in [2.45, 2.75) is 13.3 Å². The van der Waals surface area contributed by atoms with E-state index in [1.54, 1.807) is 17.5 Å². The van der Waals surface area contributed by atoms with Gasteiger partial charge in [0.25, 0.3) is 0 Å². The molecule has 2 rings (SSSR count). The second-order valence-corrected chi connectivity index (χ2v) is 3.68. The molecule has 0 spiro atoms. The Labute approximate surface area is 103 Å². The van der Waals surface area contributed by atoms with Crippen molar-refractivity contribution >= 4 is 17.6 Å². The van der Waals surface area contributed by atoms with E-state index < -0.39 is 5.97 Å². The standard InChI is InChI=1S/C12H12N2O4/c1-2-18-11(15)6-9-7-13-10-5-8(12(16)17)3-4-14(9)10/h3-5,7H,2,6H2,1H3,(H,16,17). The zero-order valence-electron chi connectivity index (χ0n) is 9.79. The first-order valence-electron chi connectivity index (χ1n) is 5.46. The van der Waals surface area contributed by atoms with Gasteiger partial charge < -0.3 is 14.2 Å². The Morgan fingerprint density at radius 1 is 1.50 bits per heavy atom. The van der Waals surface area contributed by atoms with Crippen molar-refractivity contribution in [3.05, 3.63) is 35.8 Å². The van der Waals surface area contributed by atoms with E-state index in [9.17, 15) is 9.59 Å². The summed E-state index contributed by atoms with van der Waals surface area (Å²) in [6.45, 7) is 2.07. The van der Waals surface area contributed by atoms with Crippen LogP contribution in [-0.4, -0.2) is 33.0 Å². The number of esters is 1. The van der Waals surface area contributed by atoms with Gasteiger partial charge >= 0.3 is 11.9 Å². The van der Waals surface area contributed by atoms with Gasteiger partial charge in [-0.3, -0.25) is 4.79 Å². The number of rotatable bonds is 4. The molecule has 6 heteroatoms. The lowest BCUT2D eigenvalue weighted by Gasteiger charge is -2.02. The number of carboxylic acids is 1. The third kappa shape index (κ3) is 2.32. The molecule has 0 radical (unpaired) electrons. The van der Waals surface area contributed by atoms with Crippen LogP contribution in [0, 0.1) is 0 Å². The Morgan fingerprint density at radius 2 is 2.28 bits per heavy atom. The molecule has 0 aliphatic rings. The number of imidazole rings is 1. The maximum atomic E-state index is 11.4. The van der Waals surface area contributed by atoms with Crippen LogP contribution in [-0.2, 0) is 16.0 Å². The molecule has 0 aliphatic heterocycles. The molecular formula is C12H12N2O4. The highest BCUT2D eigenvalue weighted by atomic mass is 16.5. The topological polar surface area (TPSA) is 80.9 Å². The fraction of sp³-hybridized carbons (Fsp3) is 0.250. The molecule has 0 aliphatic carbocycles. The molecule has 0 atom stereocenters. The maximum Gasteiger partial charge on any atom is 0.335 e. The van der Waals surface area contributed by atoms with Gasteiger partial charge in [0.1, 0.15) is 5.65 Å². The number of aromatic nitrogens is 2. The molecule has 2 aromatic heterocycles. The van der Waals surface area contributed by atoms with Crippen molar-refractivity contribution in [2.75, 3.05) is 6.61 Å². The highest BCUT2D eigenvalue weighted by Gasteiger charge is 2.11. The summed E-state index contributed by atoms with van der Waals surface area (Å²) in [5.41, 5.74) is 1.32. The summed E-state index contributed by atoms with van der Waals surface area (Å²) in [7, 11) is 0. The van der Waals surface area contributed by atoms with Crippen LogP contribution >= 0.6 is 0 Å². The third-order valence-corrected chi connectivity index (χ3v) is 2.47. The number of carbonyl (C=O) groups excluding carboxylic acids is 1. The van der Waals surface area contributed by atoms with Gasteiger partial charge in [0.15, 0.2) is 0 Å². The van der Waals surface area contributed by atoms with E-state index in [4.69, 9.17) is 9.84 Å². The molecule has 2 heterocycles. The first-order chi connectivity index (χ1) is 8.61. The number of nitrogens with zero attached hydrogens (tertiary/aromatic N) is 2. The number of fused-ring (bicyclic) bond motifs is 1. The Bertz CT molecular complexity index is 603. The van der Waals surface area contributed by atoms with Gasteiger partial charge in [-0.2, -0.15) is 0 Å². The Balaban J connectivity index is 2.31. The first-order valence-corrected chi connectivity index (χ1v) is 5.46. The van der Waals surface area contributed by atoms with Crippen LogP contribution < -0.4 is 0 Å². The number of carboxylic acid groups (broad SMARTS) is 1. The fourth-order valence-electron chi connectivity index (χ4n) is 1.66. The predicted molar refractivity (Wildman–Crippen MR) is 62.5 cm³/mol. The van der Waals surface area contributed by atoms with E-state index in [1.807, 2.05) is 0 Å². The summed E-state index contributed by atoms with van der Waals surface area (Å²) >= 11 is 0. The van der Waals surface area contributed by atoms with Crippen LogP contribution in [0.25, 0.3) is 5.65 Å². The summed E-state index contributed by atoms with van der Waals surface area (Å²) in [6.07, 6.45) is 3.24. The van der Waals surface area contributed by atoms with E-state index in [1.165, 1.54) is 18.3 Å². The average molecular weight is 248 g/mol. The van der Waals surface area contributed by atoms with Gasteiger partial charge in [-0.05, 0) is 19.1 Å². The minimum absolute atomic E-state index is 0.113. The quantitative estimate of drug-likeness (QED) is 0.820. The van der Waals surface area contributed by atoms with Crippen molar-refractivity contribution in [1.82, 2.24) is 9.38 Å². The summed E-state index contributed by atoms with van der Waals surface area (Å²) in [5.74, 6) is -1.34. The van der Waals surface area contributed by atoms with Crippen molar-refractivity contribution in [2.24, 2.45) is 0 Å². The average Bonchev–Trinajstić information content (AvgIpc) is 2.72. The van der Waals surface area contributed by atoms with Crippen molar-refractivity contribution < 1.29 is 19.4 Å². The zero-order chi connectivity index (χ0) is 13.1. The monoisotopic (exact) mass is 248 g/mol. The van der Waals surface area contributed by atoms with Crippen molar-refractivity contribution in [3.8, 4) is 0 Å². The summed E-state index contributed by atoms with van der Waals surface area (Å²) in [6, 6.07) is 2.92. The first kappa shape index (κ1) is 12.1. The number of carbonyl (C=O) groups is 2. The minimum atomic E-state index is -1.01. The summed E-state index contributed by atoms with van der Waals surface area (Å²) < 4.78 is 6.52. The van der Waals surface area contributed by atoms with Crippen LogP contribution in [0.5, 0.6) is 0 Å². The summed E-state index contributed by atoms with van der Waals surface area (Å²) in [4.78, 5) is 26.2. The highest BCUT2D eigenvalue weighted by molar-refractivity contribution is 5.88. The predicted octanol–water partition coefficient (Wildman–Crippen LogP) is 1.14. The normalized spacial score (nSPS) is 10.5. The van der Waals surface area contributed by atoms with E-state index in [0.717, 1.165) is 0 Å². The van der Waals surface area contributed by atoms with Crippen LogP contribution in [0.2, 0.25) is 0 Å². The van der Waals surface area contributed by atoms with Gasteiger partial charge in [0.05, 0.1) is 24.3 Å². The van der Waals surface area contributed by atoms with Gasteiger partial charge in [0.2, 0.25) is 0 Å². The molecule has 2 aromatic rings. The van der Waals surface area contributed by atoms with Gasteiger partial charge in [-0.25, -0.2) is 9.78 Å². The molecule has 0 unspecified atom stereocenters. The fourth-order valence-corrected chi connectivity index (χ4v) is 1.66. The largest absolute Gasteiger partial charge is 0.478 e. The molecule has 94 valence electrons. The molecule has 0 fully saturated rings. The molecule has 0 amide bonds. The molecule has 18 heavy (non-hydrogen) atoms. The third-order valence-electron chi connectivity index (χ3n) is 2.47. The number of hydrogen-bond acceptors (Lipinski definition) is 4. The van der Waals surface area contributed by atoms with Gasteiger partial charge in [0, 0.05) is 12.4 Å². The summed E-state index contributed by atoms with van der Waals surface area (Å²) in [5, 5.41) is 8.86. The lowest BCUT2D eigenvalue weighted by atomic mass is 10.2. The number of pyridine rings is 1. The van der Waals surface area contributed by atoms with Gasteiger partial charge in [-0.1, -0.05) is 0 Å². The molecule has 0 saturated carbocycles. The lowest BCUT2D eigenvalue weighted by molar-refractivity contribution is -0.142. The molecule has 0 aromatic carbocycles. The van der Waals surface area contributed by atoms with E-state index in [2.05, 4.69) is 4.98 Å². The maximum absolute atomic E-state index is 11.4. The second-order valence-electron chi connectivity index (χ2n) is 3.68.